The van der Waals surface area contributed by atoms with E-state index in [4.69, 9.17) is 4.74 Å². The summed E-state index contributed by atoms with van der Waals surface area (Å²) in [6, 6.07) is 12.4. The van der Waals surface area contributed by atoms with Gasteiger partial charge in [-0.1, -0.05) is 18.2 Å². The van der Waals surface area contributed by atoms with Crippen molar-refractivity contribution in [3.63, 3.8) is 0 Å². The topological polar surface area (TPSA) is 41.6 Å². The van der Waals surface area contributed by atoms with Gasteiger partial charge in [0.05, 0.1) is 6.61 Å². The Morgan fingerprint density at radius 2 is 2.04 bits per heavy atom. The van der Waals surface area contributed by atoms with Gasteiger partial charge in [0.25, 0.3) is 0 Å². The molecule has 5 heteroatoms. The van der Waals surface area contributed by atoms with Gasteiger partial charge in [0, 0.05) is 19.0 Å². The molecule has 1 atom stereocenters. The first kappa shape index (κ1) is 18.5. The molecule has 1 amide bonds. The van der Waals surface area contributed by atoms with Crippen LogP contribution >= 0.6 is 11.3 Å². The zero-order chi connectivity index (χ0) is 18.5. The van der Waals surface area contributed by atoms with Crippen LogP contribution in [0.25, 0.3) is 0 Å². The van der Waals surface area contributed by atoms with Gasteiger partial charge in [-0.05, 0) is 78.7 Å². The van der Waals surface area contributed by atoms with Crippen molar-refractivity contribution < 1.29 is 9.53 Å². The number of carbonyl (C=O) groups excluding carboxylic acids is 1. The Bertz CT molecular complexity index is 726. The van der Waals surface area contributed by atoms with Crippen molar-refractivity contribution in [3.8, 4) is 5.75 Å². The van der Waals surface area contributed by atoms with E-state index in [1.807, 2.05) is 30.3 Å². The highest BCUT2D eigenvalue weighted by Gasteiger charge is 2.57. The minimum absolute atomic E-state index is 0.276. The smallest absolute Gasteiger partial charge is 0.223 e. The molecule has 4 rings (SSSR count). The molecule has 1 aliphatic heterocycles. The van der Waals surface area contributed by atoms with Gasteiger partial charge in [0.1, 0.15) is 5.75 Å². The number of piperidine rings is 1. The lowest BCUT2D eigenvalue weighted by Gasteiger charge is -2.29. The van der Waals surface area contributed by atoms with E-state index < -0.39 is 0 Å². The maximum absolute atomic E-state index is 13.0. The SMILES string of the molecule is O=C(CCCOc1ccccc1)N(Cc1ccsc1)C1CC12CCNCC2. The van der Waals surface area contributed by atoms with Crippen molar-refractivity contribution >= 4 is 17.2 Å². The Kier molecular flexibility index (Phi) is 5.79. The number of ether oxygens (including phenoxy) is 1. The molecule has 2 aliphatic rings. The van der Waals surface area contributed by atoms with Crippen molar-refractivity contribution in [2.24, 2.45) is 5.41 Å². The molecule has 2 fully saturated rings. The summed E-state index contributed by atoms with van der Waals surface area (Å²) in [5.41, 5.74) is 1.63. The molecule has 1 aromatic carbocycles. The zero-order valence-electron chi connectivity index (χ0n) is 15.7. The number of benzene rings is 1. The highest BCUT2D eigenvalue weighted by atomic mass is 32.1. The molecule has 1 unspecified atom stereocenters. The summed E-state index contributed by atoms with van der Waals surface area (Å²) in [6.07, 6.45) is 4.88. The first-order chi connectivity index (χ1) is 13.3. The fourth-order valence-electron chi connectivity index (χ4n) is 4.25. The van der Waals surface area contributed by atoms with Crippen LogP contribution in [0.4, 0.5) is 0 Å². The second-order valence-electron chi connectivity index (χ2n) is 7.75. The normalized spacial score (nSPS) is 20.4. The van der Waals surface area contributed by atoms with E-state index in [9.17, 15) is 4.79 Å². The molecule has 0 radical (unpaired) electrons. The number of amides is 1. The second-order valence-corrected chi connectivity index (χ2v) is 8.53. The number of thiophene rings is 1. The summed E-state index contributed by atoms with van der Waals surface area (Å²) in [5.74, 6) is 1.15. The van der Waals surface area contributed by atoms with Gasteiger partial charge in [-0.15, -0.1) is 0 Å². The third kappa shape index (κ3) is 4.53. The average molecular weight is 385 g/mol. The monoisotopic (exact) mass is 384 g/mol. The molecule has 27 heavy (non-hydrogen) atoms. The van der Waals surface area contributed by atoms with E-state index in [2.05, 4.69) is 27.0 Å². The fourth-order valence-corrected chi connectivity index (χ4v) is 4.91. The molecular formula is C22H28N2O2S. The predicted octanol–water partition coefficient (Wildman–Crippen LogP) is 4.08. The van der Waals surface area contributed by atoms with Gasteiger partial charge in [-0.2, -0.15) is 11.3 Å². The van der Waals surface area contributed by atoms with Crippen LogP contribution in [0.15, 0.2) is 47.2 Å². The third-order valence-electron chi connectivity index (χ3n) is 5.92. The Balaban J connectivity index is 1.33. The first-order valence-corrected chi connectivity index (χ1v) is 10.9. The summed E-state index contributed by atoms with van der Waals surface area (Å²) >= 11 is 1.70. The Morgan fingerprint density at radius 3 is 2.78 bits per heavy atom. The Hall–Kier alpha value is -1.85. The highest BCUT2D eigenvalue weighted by Crippen LogP contribution is 2.56. The summed E-state index contributed by atoms with van der Waals surface area (Å²) < 4.78 is 5.75. The van der Waals surface area contributed by atoms with Crippen molar-refractivity contribution in [2.45, 2.75) is 44.7 Å². The molecule has 1 aliphatic carbocycles. The molecule has 0 bridgehead atoms. The zero-order valence-corrected chi connectivity index (χ0v) is 16.5. The van der Waals surface area contributed by atoms with Crippen molar-refractivity contribution in [1.29, 1.82) is 0 Å². The van der Waals surface area contributed by atoms with E-state index in [1.165, 1.54) is 24.8 Å². The number of nitrogens with zero attached hydrogens (tertiary/aromatic N) is 1. The molecular weight excluding hydrogens is 356 g/mol. The number of nitrogens with one attached hydrogen (secondary N) is 1. The van der Waals surface area contributed by atoms with Crippen LogP contribution in [0.2, 0.25) is 0 Å². The second kappa shape index (κ2) is 8.44. The first-order valence-electron chi connectivity index (χ1n) is 9.96. The van der Waals surface area contributed by atoms with Crippen molar-refractivity contribution in [2.75, 3.05) is 19.7 Å². The third-order valence-corrected chi connectivity index (χ3v) is 6.65. The fraction of sp³-hybridized carbons (Fsp3) is 0.500. The van der Waals surface area contributed by atoms with Gasteiger partial charge in [-0.25, -0.2) is 0 Å². The van der Waals surface area contributed by atoms with Crippen molar-refractivity contribution in [1.82, 2.24) is 10.2 Å². The van der Waals surface area contributed by atoms with Crippen LogP contribution in [0.1, 0.15) is 37.7 Å². The summed E-state index contributed by atoms with van der Waals surface area (Å²) in [5, 5.41) is 7.71. The Labute approximate surface area is 165 Å². The lowest BCUT2D eigenvalue weighted by Crippen LogP contribution is -2.39. The van der Waals surface area contributed by atoms with Gasteiger partial charge in [0.15, 0.2) is 0 Å². The molecule has 2 aromatic rings. The lowest BCUT2D eigenvalue weighted by molar-refractivity contribution is -0.133. The van der Waals surface area contributed by atoms with E-state index in [1.54, 1.807) is 11.3 Å². The lowest BCUT2D eigenvalue weighted by atomic mass is 9.93. The largest absolute Gasteiger partial charge is 0.494 e. The quantitative estimate of drug-likeness (QED) is 0.698. The van der Waals surface area contributed by atoms with Crippen LogP contribution in [0.3, 0.4) is 0 Å². The van der Waals surface area contributed by atoms with Gasteiger partial charge >= 0.3 is 0 Å². The number of para-hydroxylation sites is 1. The molecule has 2 heterocycles. The van der Waals surface area contributed by atoms with Crippen LogP contribution in [0.5, 0.6) is 5.75 Å². The molecule has 144 valence electrons. The standard InChI is InChI=1S/C22H28N2O2S/c25-21(7-4-13-26-19-5-2-1-3-6-19)24(16-18-8-14-27-17-18)20-15-22(20)9-11-23-12-10-22/h1-3,5-6,8,14,17,20,23H,4,7,9-13,15-16H2. The van der Waals surface area contributed by atoms with Crippen LogP contribution in [-0.4, -0.2) is 36.5 Å². The van der Waals surface area contributed by atoms with Gasteiger partial charge in [0.2, 0.25) is 5.91 Å². The molecule has 1 saturated carbocycles. The molecule has 1 N–H and O–H groups in total. The maximum atomic E-state index is 13.0. The van der Waals surface area contributed by atoms with Crippen LogP contribution < -0.4 is 10.1 Å². The van der Waals surface area contributed by atoms with Crippen LogP contribution in [-0.2, 0) is 11.3 Å². The number of rotatable bonds is 8. The summed E-state index contributed by atoms with van der Waals surface area (Å²) in [7, 11) is 0. The number of carbonyl (C=O) groups is 1. The molecule has 1 spiro atoms. The molecule has 1 aromatic heterocycles. The van der Waals surface area contributed by atoms with E-state index >= 15 is 0 Å². The predicted molar refractivity (Wildman–Crippen MR) is 109 cm³/mol. The van der Waals surface area contributed by atoms with Crippen LogP contribution in [0, 0.1) is 5.41 Å². The molecule has 4 nitrogen and oxygen atoms in total. The minimum Gasteiger partial charge on any atom is -0.494 e. The van der Waals surface area contributed by atoms with E-state index in [0.29, 0.717) is 24.5 Å². The Morgan fingerprint density at radius 1 is 1.22 bits per heavy atom. The number of hydrogen-bond donors (Lipinski definition) is 1. The summed E-state index contributed by atoms with van der Waals surface area (Å²) in [4.78, 5) is 15.2. The molecule has 1 saturated heterocycles. The average Bonchev–Trinajstić information content (AvgIpc) is 3.13. The maximum Gasteiger partial charge on any atom is 0.223 e. The highest BCUT2D eigenvalue weighted by molar-refractivity contribution is 7.07. The van der Waals surface area contributed by atoms with Gasteiger partial charge < -0.3 is 15.0 Å². The van der Waals surface area contributed by atoms with Gasteiger partial charge in [-0.3, -0.25) is 4.79 Å². The van der Waals surface area contributed by atoms with E-state index in [0.717, 1.165) is 31.8 Å². The summed E-state index contributed by atoms with van der Waals surface area (Å²) in [6.45, 7) is 3.51. The van der Waals surface area contributed by atoms with Crippen molar-refractivity contribution in [3.05, 3.63) is 52.7 Å². The number of hydrogen-bond acceptors (Lipinski definition) is 4. The minimum atomic E-state index is 0.276. The van der Waals surface area contributed by atoms with E-state index in [-0.39, 0.29) is 5.91 Å².